The molecule has 0 saturated carbocycles. The third kappa shape index (κ3) is 2.77. The molecule has 2 rings (SSSR count). The molecule has 5 nitrogen and oxygen atoms in total. The molecule has 19 heavy (non-hydrogen) atoms. The van der Waals surface area contributed by atoms with Crippen LogP contribution in [-0.4, -0.2) is 10.8 Å². The number of hydrogen-bond acceptors (Lipinski definition) is 3. The molecule has 0 spiro atoms. The Kier molecular flexibility index (Phi) is 3.56. The molecule has 0 saturated heterocycles. The zero-order chi connectivity index (χ0) is 13.8. The zero-order valence-electron chi connectivity index (χ0n) is 10.1. The maximum absolute atomic E-state index is 11.4. The summed E-state index contributed by atoms with van der Waals surface area (Å²) in [4.78, 5) is 21.9. The molecular weight excluding hydrogens is 244 g/mol. The Morgan fingerprint density at radius 1 is 1.11 bits per heavy atom. The molecule has 1 amide bonds. The number of hydrogen-bond donors (Lipinski definition) is 1. The van der Waals surface area contributed by atoms with E-state index in [0.29, 0.717) is 12.0 Å². The van der Waals surface area contributed by atoms with Crippen molar-refractivity contribution >= 4 is 11.6 Å². The zero-order valence-corrected chi connectivity index (χ0v) is 10.1. The van der Waals surface area contributed by atoms with Gasteiger partial charge < -0.3 is 5.73 Å². The molecule has 0 aliphatic heterocycles. The lowest BCUT2D eigenvalue weighted by atomic mass is 9.97. The lowest BCUT2D eigenvalue weighted by molar-refractivity contribution is -0.385. The first-order valence-electron chi connectivity index (χ1n) is 5.69. The van der Waals surface area contributed by atoms with Crippen molar-refractivity contribution in [3.05, 3.63) is 75.3 Å². The summed E-state index contributed by atoms with van der Waals surface area (Å²) in [6, 6.07) is 13.6. The number of amides is 1. The Hall–Kier alpha value is -2.69. The van der Waals surface area contributed by atoms with E-state index in [-0.39, 0.29) is 11.3 Å². The highest BCUT2D eigenvalue weighted by molar-refractivity contribution is 5.95. The van der Waals surface area contributed by atoms with Crippen LogP contribution < -0.4 is 5.73 Å². The van der Waals surface area contributed by atoms with Crippen LogP contribution in [0.3, 0.4) is 0 Å². The monoisotopic (exact) mass is 256 g/mol. The van der Waals surface area contributed by atoms with Crippen LogP contribution in [0.4, 0.5) is 5.69 Å². The van der Waals surface area contributed by atoms with E-state index < -0.39 is 10.8 Å². The fraction of sp³-hybridized carbons (Fsp3) is 0.0714. The van der Waals surface area contributed by atoms with Gasteiger partial charge in [0.05, 0.1) is 4.92 Å². The molecule has 2 aromatic carbocycles. The molecule has 2 N–H and O–H groups in total. The maximum atomic E-state index is 11.4. The number of carbonyl (C=O) groups excluding carboxylic acids is 1. The van der Waals surface area contributed by atoms with Crippen LogP contribution >= 0.6 is 0 Å². The third-order valence-electron chi connectivity index (χ3n) is 2.84. The van der Waals surface area contributed by atoms with E-state index in [2.05, 4.69) is 0 Å². The van der Waals surface area contributed by atoms with Gasteiger partial charge in [-0.3, -0.25) is 14.9 Å². The summed E-state index contributed by atoms with van der Waals surface area (Å²) in [6.07, 6.45) is 0.302. The predicted molar refractivity (Wildman–Crippen MR) is 70.9 cm³/mol. The minimum Gasteiger partial charge on any atom is -0.366 e. The summed E-state index contributed by atoms with van der Waals surface area (Å²) in [5.41, 5.74) is 6.63. The number of nitro benzene ring substituents is 1. The summed E-state index contributed by atoms with van der Waals surface area (Å²) in [6.45, 7) is 0. The van der Waals surface area contributed by atoms with Gasteiger partial charge in [0.2, 0.25) is 5.91 Å². The quantitative estimate of drug-likeness (QED) is 0.672. The molecule has 0 aliphatic carbocycles. The summed E-state index contributed by atoms with van der Waals surface area (Å²) >= 11 is 0. The molecule has 2 aromatic rings. The minimum atomic E-state index is -0.658. The van der Waals surface area contributed by atoms with E-state index >= 15 is 0 Å². The number of rotatable bonds is 4. The van der Waals surface area contributed by atoms with E-state index in [1.165, 1.54) is 18.2 Å². The number of nitro groups is 1. The second kappa shape index (κ2) is 5.30. The smallest absolute Gasteiger partial charge is 0.273 e. The van der Waals surface area contributed by atoms with Gasteiger partial charge in [-0.2, -0.15) is 0 Å². The fourth-order valence-corrected chi connectivity index (χ4v) is 1.96. The first-order valence-corrected chi connectivity index (χ1v) is 5.69. The molecule has 96 valence electrons. The van der Waals surface area contributed by atoms with E-state index in [1.54, 1.807) is 0 Å². The average Bonchev–Trinajstić information content (AvgIpc) is 2.39. The van der Waals surface area contributed by atoms with Crippen molar-refractivity contribution in [2.45, 2.75) is 6.42 Å². The van der Waals surface area contributed by atoms with Gasteiger partial charge in [0.1, 0.15) is 0 Å². The first-order chi connectivity index (χ1) is 9.09. The Morgan fingerprint density at radius 2 is 1.79 bits per heavy atom. The van der Waals surface area contributed by atoms with Gasteiger partial charge in [0, 0.05) is 23.6 Å². The summed E-state index contributed by atoms with van der Waals surface area (Å²) < 4.78 is 0. The Morgan fingerprint density at radius 3 is 2.37 bits per heavy atom. The van der Waals surface area contributed by atoms with Crippen molar-refractivity contribution in [2.75, 3.05) is 0 Å². The van der Waals surface area contributed by atoms with Gasteiger partial charge in [0.25, 0.3) is 5.69 Å². The Balaban J connectivity index is 2.52. The second-order valence-electron chi connectivity index (χ2n) is 4.09. The van der Waals surface area contributed by atoms with Gasteiger partial charge in [0.15, 0.2) is 0 Å². The normalized spacial score (nSPS) is 10.1. The predicted octanol–water partition coefficient (Wildman–Crippen LogP) is 2.28. The highest BCUT2D eigenvalue weighted by atomic mass is 16.6. The number of nitrogens with zero attached hydrogens (tertiary/aromatic N) is 1. The van der Waals surface area contributed by atoms with Gasteiger partial charge in [-0.05, 0) is 11.6 Å². The van der Waals surface area contributed by atoms with Crippen molar-refractivity contribution in [3.8, 4) is 0 Å². The van der Waals surface area contributed by atoms with Crippen LogP contribution in [-0.2, 0) is 6.42 Å². The van der Waals surface area contributed by atoms with E-state index in [0.717, 1.165) is 5.56 Å². The van der Waals surface area contributed by atoms with Gasteiger partial charge in [-0.1, -0.05) is 36.4 Å². The molecule has 0 bridgehead atoms. The summed E-state index contributed by atoms with van der Waals surface area (Å²) in [7, 11) is 0. The average molecular weight is 256 g/mol. The molecule has 0 radical (unpaired) electrons. The topological polar surface area (TPSA) is 86.2 Å². The van der Waals surface area contributed by atoms with Gasteiger partial charge >= 0.3 is 0 Å². The molecule has 0 unspecified atom stereocenters. The van der Waals surface area contributed by atoms with Crippen molar-refractivity contribution < 1.29 is 9.72 Å². The second-order valence-corrected chi connectivity index (χ2v) is 4.09. The van der Waals surface area contributed by atoms with E-state index in [1.807, 2.05) is 30.3 Å². The Labute approximate surface area is 109 Å². The molecule has 0 aromatic heterocycles. The van der Waals surface area contributed by atoms with Crippen LogP contribution in [0.15, 0.2) is 48.5 Å². The third-order valence-corrected chi connectivity index (χ3v) is 2.84. The molecule has 5 heteroatoms. The van der Waals surface area contributed by atoms with E-state index in [9.17, 15) is 14.9 Å². The number of carbonyl (C=O) groups is 1. The molecular formula is C14H12N2O3. The van der Waals surface area contributed by atoms with Crippen molar-refractivity contribution in [3.63, 3.8) is 0 Å². The Bertz CT molecular complexity index is 592. The standard InChI is InChI=1S/C14H12N2O3/c15-14(17)11-7-4-8-13(16(18)19)12(11)9-10-5-2-1-3-6-10/h1-8H,9H2,(H2,15,17). The lowest BCUT2D eigenvalue weighted by Crippen LogP contribution is -2.15. The van der Waals surface area contributed by atoms with Crippen molar-refractivity contribution in [1.29, 1.82) is 0 Å². The number of nitrogens with two attached hydrogens (primary N) is 1. The SMILES string of the molecule is NC(=O)c1cccc([N+](=O)[O-])c1Cc1ccccc1. The highest BCUT2D eigenvalue weighted by Gasteiger charge is 2.20. The highest BCUT2D eigenvalue weighted by Crippen LogP contribution is 2.25. The van der Waals surface area contributed by atoms with Gasteiger partial charge in [-0.25, -0.2) is 0 Å². The summed E-state index contributed by atoms with van der Waals surface area (Å²) in [5.74, 6) is -0.658. The maximum Gasteiger partial charge on any atom is 0.273 e. The van der Waals surface area contributed by atoms with Crippen LogP contribution in [0, 0.1) is 10.1 Å². The van der Waals surface area contributed by atoms with Gasteiger partial charge in [-0.15, -0.1) is 0 Å². The minimum absolute atomic E-state index is 0.0832. The van der Waals surface area contributed by atoms with Crippen LogP contribution in [0.2, 0.25) is 0 Å². The largest absolute Gasteiger partial charge is 0.366 e. The van der Waals surface area contributed by atoms with Crippen LogP contribution in [0.25, 0.3) is 0 Å². The van der Waals surface area contributed by atoms with Crippen molar-refractivity contribution in [1.82, 2.24) is 0 Å². The van der Waals surface area contributed by atoms with Crippen LogP contribution in [0.1, 0.15) is 21.5 Å². The van der Waals surface area contributed by atoms with Crippen LogP contribution in [0.5, 0.6) is 0 Å². The lowest BCUT2D eigenvalue weighted by Gasteiger charge is -2.07. The molecule has 0 atom stereocenters. The molecule has 0 fully saturated rings. The molecule has 0 aliphatic rings. The summed E-state index contributed by atoms with van der Waals surface area (Å²) in [5, 5.41) is 11.0. The fourth-order valence-electron chi connectivity index (χ4n) is 1.96. The van der Waals surface area contributed by atoms with Crippen molar-refractivity contribution in [2.24, 2.45) is 5.73 Å². The number of primary amides is 1. The van der Waals surface area contributed by atoms with E-state index in [4.69, 9.17) is 5.73 Å². The number of benzene rings is 2. The molecule has 0 heterocycles. The first kappa shape index (κ1) is 12.8.